The van der Waals surface area contributed by atoms with E-state index in [1.807, 2.05) is 12.1 Å². The molecule has 0 spiro atoms. The van der Waals surface area contributed by atoms with Crippen LogP contribution in [0.25, 0.3) is 0 Å². The average molecular weight is 312 g/mol. The Hall–Kier alpha value is -0.240. The molecule has 0 radical (unpaired) electrons. The normalized spacial score (nSPS) is 29.2. The number of hydrogen-bond donors (Lipinski definition) is 1. The van der Waals surface area contributed by atoms with Crippen LogP contribution in [0, 0.1) is 17.8 Å². The second kappa shape index (κ2) is 6.25. The Labute approximate surface area is 132 Å². The molecule has 3 rings (SSSR count). The standard InChI is InChI=1S/C17H23Cl2N/c1-2-5-20-17(14-9-12-8-13(12)10-14)7-11-3-4-15(18)16(19)6-11/h3-4,6,12-14,17,20H,2,5,7-10H2,1H3. The quantitative estimate of drug-likeness (QED) is 0.783. The maximum Gasteiger partial charge on any atom is 0.0595 e. The second-order valence-electron chi connectivity index (χ2n) is 6.50. The Morgan fingerprint density at radius 3 is 2.55 bits per heavy atom. The van der Waals surface area contributed by atoms with Crippen LogP contribution in [0.5, 0.6) is 0 Å². The van der Waals surface area contributed by atoms with Crippen molar-refractivity contribution in [2.75, 3.05) is 6.54 Å². The number of rotatable bonds is 6. The van der Waals surface area contributed by atoms with Gasteiger partial charge in [-0.15, -0.1) is 0 Å². The van der Waals surface area contributed by atoms with Crippen molar-refractivity contribution >= 4 is 23.2 Å². The highest BCUT2D eigenvalue weighted by atomic mass is 35.5. The average Bonchev–Trinajstić information content (AvgIpc) is 3.05. The molecule has 0 heterocycles. The van der Waals surface area contributed by atoms with E-state index < -0.39 is 0 Å². The molecular weight excluding hydrogens is 289 g/mol. The molecule has 0 aromatic heterocycles. The molecule has 2 fully saturated rings. The summed E-state index contributed by atoms with van der Waals surface area (Å²) in [5.41, 5.74) is 1.30. The molecule has 3 atom stereocenters. The van der Waals surface area contributed by atoms with E-state index in [4.69, 9.17) is 23.2 Å². The van der Waals surface area contributed by atoms with Gasteiger partial charge in [-0.05, 0) is 74.1 Å². The van der Waals surface area contributed by atoms with E-state index in [1.54, 1.807) is 0 Å². The van der Waals surface area contributed by atoms with Gasteiger partial charge in [0, 0.05) is 6.04 Å². The van der Waals surface area contributed by atoms with Gasteiger partial charge in [0.2, 0.25) is 0 Å². The molecule has 0 aliphatic heterocycles. The van der Waals surface area contributed by atoms with Gasteiger partial charge in [-0.25, -0.2) is 0 Å². The van der Waals surface area contributed by atoms with Crippen molar-refractivity contribution < 1.29 is 0 Å². The minimum absolute atomic E-state index is 0.597. The van der Waals surface area contributed by atoms with Gasteiger partial charge in [0.25, 0.3) is 0 Å². The van der Waals surface area contributed by atoms with Crippen molar-refractivity contribution in [2.24, 2.45) is 17.8 Å². The van der Waals surface area contributed by atoms with Crippen LogP contribution >= 0.6 is 23.2 Å². The summed E-state index contributed by atoms with van der Waals surface area (Å²) in [5, 5.41) is 5.08. The van der Waals surface area contributed by atoms with Crippen LogP contribution in [0.1, 0.15) is 38.2 Å². The Kier molecular flexibility index (Phi) is 4.59. The summed E-state index contributed by atoms with van der Waals surface area (Å²) in [6.45, 7) is 3.34. The molecule has 1 nitrogen and oxygen atoms in total. The van der Waals surface area contributed by atoms with Crippen molar-refractivity contribution in [3.8, 4) is 0 Å². The fourth-order valence-corrected chi connectivity index (χ4v) is 4.07. The molecule has 1 aromatic rings. The number of hydrogen-bond acceptors (Lipinski definition) is 1. The molecule has 2 saturated carbocycles. The topological polar surface area (TPSA) is 12.0 Å². The largest absolute Gasteiger partial charge is 0.313 e. The molecular formula is C17H23Cl2N. The molecule has 3 unspecified atom stereocenters. The molecule has 20 heavy (non-hydrogen) atoms. The van der Waals surface area contributed by atoms with Crippen LogP contribution in [0.2, 0.25) is 10.0 Å². The van der Waals surface area contributed by atoms with E-state index in [0.717, 1.165) is 30.7 Å². The van der Waals surface area contributed by atoms with E-state index in [-0.39, 0.29) is 0 Å². The van der Waals surface area contributed by atoms with E-state index in [2.05, 4.69) is 18.3 Å². The SMILES string of the molecule is CCCNC(Cc1ccc(Cl)c(Cl)c1)C1CC2CC2C1. The highest BCUT2D eigenvalue weighted by molar-refractivity contribution is 6.42. The second-order valence-corrected chi connectivity index (χ2v) is 7.31. The Bertz CT molecular complexity index is 464. The smallest absolute Gasteiger partial charge is 0.0595 e. The fraction of sp³-hybridized carbons (Fsp3) is 0.647. The van der Waals surface area contributed by atoms with Crippen LogP contribution < -0.4 is 5.32 Å². The molecule has 2 aliphatic carbocycles. The predicted molar refractivity (Wildman–Crippen MR) is 86.6 cm³/mol. The molecule has 0 amide bonds. The fourth-order valence-electron chi connectivity index (χ4n) is 3.75. The number of benzene rings is 1. The first-order valence-corrected chi connectivity index (χ1v) is 8.60. The summed E-state index contributed by atoms with van der Waals surface area (Å²) >= 11 is 12.1. The molecule has 2 aliphatic rings. The number of halogens is 2. The first-order chi connectivity index (χ1) is 9.67. The summed E-state index contributed by atoms with van der Waals surface area (Å²) in [7, 11) is 0. The zero-order valence-corrected chi connectivity index (χ0v) is 13.6. The first-order valence-electron chi connectivity index (χ1n) is 7.84. The zero-order chi connectivity index (χ0) is 14.1. The van der Waals surface area contributed by atoms with Gasteiger partial charge >= 0.3 is 0 Å². The lowest BCUT2D eigenvalue weighted by Gasteiger charge is -2.26. The Morgan fingerprint density at radius 1 is 1.15 bits per heavy atom. The van der Waals surface area contributed by atoms with E-state index in [9.17, 15) is 0 Å². The van der Waals surface area contributed by atoms with Crippen molar-refractivity contribution in [2.45, 2.75) is 45.1 Å². The van der Waals surface area contributed by atoms with Gasteiger partial charge in [0.1, 0.15) is 0 Å². The van der Waals surface area contributed by atoms with Crippen LogP contribution in [0.4, 0.5) is 0 Å². The van der Waals surface area contributed by atoms with Crippen LogP contribution in [-0.2, 0) is 6.42 Å². The lowest BCUT2D eigenvalue weighted by atomic mass is 9.89. The summed E-state index contributed by atoms with van der Waals surface area (Å²) in [6, 6.07) is 6.66. The van der Waals surface area contributed by atoms with Crippen molar-refractivity contribution in [3.05, 3.63) is 33.8 Å². The van der Waals surface area contributed by atoms with Gasteiger partial charge in [-0.3, -0.25) is 0 Å². The third kappa shape index (κ3) is 3.32. The van der Waals surface area contributed by atoms with Gasteiger partial charge in [0.15, 0.2) is 0 Å². The Balaban J connectivity index is 1.66. The highest BCUT2D eigenvalue weighted by Gasteiger charge is 2.47. The summed E-state index contributed by atoms with van der Waals surface area (Å²) in [4.78, 5) is 0. The predicted octanol–water partition coefficient (Wildman–Crippen LogP) is 4.95. The van der Waals surface area contributed by atoms with Crippen LogP contribution in [0.15, 0.2) is 18.2 Å². The molecule has 3 heteroatoms. The summed E-state index contributed by atoms with van der Waals surface area (Å²) in [5.74, 6) is 2.93. The molecule has 0 bridgehead atoms. The minimum Gasteiger partial charge on any atom is -0.313 e. The molecule has 110 valence electrons. The zero-order valence-electron chi connectivity index (χ0n) is 12.0. The molecule has 0 saturated heterocycles. The lowest BCUT2D eigenvalue weighted by Crippen LogP contribution is -2.38. The summed E-state index contributed by atoms with van der Waals surface area (Å²) in [6.07, 6.45) is 6.60. The monoisotopic (exact) mass is 311 g/mol. The van der Waals surface area contributed by atoms with Crippen molar-refractivity contribution in [3.63, 3.8) is 0 Å². The number of fused-ring (bicyclic) bond motifs is 1. The maximum absolute atomic E-state index is 6.14. The van der Waals surface area contributed by atoms with E-state index >= 15 is 0 Å². The van der Waals surface area contributed by atoms with Gasteiger partial charge in [-0.1, -0.05) is 36.2 Å². The third-order valence-electron chi connectivity index (χ3n) is 4.95. The van der Waals surface area contributed by atoms with Crippen molar-refractivity contribution in [1.82, 2.24) is 5.32 Å². The van der Waals surface area contributed by atoms with Gasteiger partial charge in [-0.2, -0.15) is 0 Å². The highest BCUT2D eigenvalue weighted by Crippen LogP contribution is 2.55. The maximum atomic E-state index is 6.14. The van der Waals surface area contributed by atoms with Gasteiger partial charge in [0.05, 0.1) is 10.0 Å². The van der Waals surface area contributed by atoms with Gasteiger partial charge < -0.3 is 5.32 Å². The molecule has 1 N–H and O–H groups in total. The number of nitrogens with one attached hydrogen (secondary N) is 1. The summed E-state index contributed by atoms with van der Waals surface area (Å²) < 4.78 is 0. The van der Waals surface area contributed by atoms with E-state index in [1.165, 1.54) is 31.2 Å². The Morgan fingerprint density at radius 2 is 1.90 bits per heavy atom. The van der Waals surface area contributed by atoms with Crippen molar-refractivity contribution in [1.29, 1.82) is 0 Å². The lowest BCUT2D eigenvalue weighted by molar-refractivity contribution is 0.332. The van der Waals surface area contributed by atoms with E-state index in [0.29, 0.717) is 16.1 Å². The minimum atomic E-state index is 0.597. The van der Waals surface area contributed by atoms with Crippen LogP contribution in [0.3, 0.4) is 0 Å². The third-order valence-corrected chi connectivity index (χ3v) is 5.68. The molecule has 1 aromatic carbocycles. The first kappa shape index (κ1) is 14.7. The van der Waals surface area contributed by atoms with Crippen LogP contribution in [-0.4, -0.2) is 12.6 Å².